The molecule has 3 rings (SSSR count). The molecule has 2 N–H and O–H groups in total. The number of ether oxygens (including phenoxy) is 2. The van der Waals surface area contributed by atoms with Crippen LogP contribution in [0.1, 0.15) is 56.6 Å². The molecule has 2 unspecified atom stereocenters. The van der Waals surface area contributed by atoms with Crippen LogP contribution in [0, 0.1) is 5.92 Å². The monoisotopic (exact) mass is 372 g/mol. The average Bonchev–Trinajstić information content (AvgIpc) is 2.63. The molecule has 1 aliphatic carbocycles. The number of carbonyl (C=O) groups is 2. The summed E-state index contributed by atoms with van der Waals surface area (Å²) in [4.78, 5) is 25.0. The molecule has 1 aromatic carbocycles. The zero-order valence-corrected chi connectivity index (χ0v) is 15.8. The molecular weight excluding hydrogens is 344 g/mol. The third-order valence-electron chi connectivity index (χ3n) is 5.31. The SMILES string of the molecule is C=C1NC(=O)NC(c2cccc(OC)c2)C1C(=O)OC1CCCCCCC1. The molecule has 2 atom stereocenters. The van der Waals surface area contributed by atoms with Gasteiger partial charge >= 0.3 is 12.0 Å². The van der Waals surface area contributed by atoms with Gasteiger partial charge in [-0.05, 0) is 43.4 Å². The molecule has 2 aliphatic rings. The van der Waals surface area contributed by atoms with Crippen molar-refractivity contribution in [1.29, 1.82) is 0 Å². The Kier molecular flexibility index (Phi) is 6.37. The number of benzene rings is 1. The Bertz CT molecular complexity index is 695. The standard InChI is InChI=1S/C21H28N2O4/c1-14-18(20(24)27-16-10-6-4-3-5-7-11-16)19(23-21(25)22-14)15-9-8-12-17(13-15)26-2/h8-9,12-13,16,18-19H,1,3-7,10-11H2,2H3,(H2,22,23,25). The van der Waals surface area contributed by atoms with Crippen LogP contribution in [0.25, 0.3) is 0 Å². The number of esters is 1. The normalized spacial score (nSPS) is 24.2. The van der Waals surface area contributed by atoms with E-state index in [-0.39, 0.29) is 18.1 Å². The van der Waals surface area contributed by atoms with Crippen LogP contribution in [0.3, 0.4) is 0 Å². The van der Waals surface area contributed by atoms with E-state index < -0.39 is 12.0 Å². The molecule has 2 fully saturated rings. The molecule has 0 bridgehead atoms. The Balaban J connectivity index is 1.79. The van der Waals surface area contributed by atoms with Gasteiger partial charge in [0.2, 0.25) is 0 Å². The van der Waals surface area contributed by atoms with Crippen molar-refractivity contribution in [3.05, 3.63) is 42.1 Å². The first kappa shape index (κ1) is 19.3. The second-order valence-electron chi connectivity index (χ2n) is 7.26. The van der Waals surface area contributed by atoms with Crippen LogP contribution in [0.4, 0.5) is 4.79 Å². The largest absolute Gasteiger partial charge is 0.497 e. The molecule has 27 heavy (non-hydrogen) atoms. The zero-order chi connectivity index (χ0) is 19.2. The third-order valence-corrected chi connectivity index (χ3v) is 5.31. The van der Waals surface area contributed by atoms with Gasteiger partial charge in [0.15, 0.2) is 0 Å². The maximum absolute atomic E-state index is 13.0. The molecule has 0 spiro atoms. The predicted molar refractivity (Wildman–Crippen MR) is 102 cm³/mol. The summed E-state index contributed by atoms with van der Waals surface area (Å²) in [5.41, 5.74) is 1.15. The second-order valence-corrected chi connectivity index (χ2v) is 7.26. The highest BCUT2D eigenvalue weighted by atomic mass is 16.5. The summed E-state index contributed by atoms with van der Waals surface area (Å²) in [5.74, 6) is -0.357. The van der Waals surface area contributed by atoms with Gasteiger partial charge in [0.05, 0.1) is 13.2 Å². The summed E-state index contributed by atoms with van der Waals surface area (Å²) in [6, 6.07) is 6.43. The van der Waals surface area contributed by atoms with E-state index >= 15 is 0 Å². The number of amides is 2. The quantitative estimate of drug-likeness (QED) is 0.788. The summed E-state index contributed by atoms with van der Waals surface area (Å²) in [6.07, 6.45) is 7.53. The van der Waals surface area contributed by atoms with Gasteiger partial charge in [-0.2, -0.15) is 0 Å². The van der Waals surface area contributed by atoms with Gasteiger partial charge in [0, 0.05) is 5.70 Å². The number of hydrogen-bond donors (Lipinski definition) is 2. The van der Waals surface area contributed by atoms with E-state index in [2.05, 4.69) is 17.2 Å². The van der Waals surface area contributed by atoms with Crippen molar-refractivity contribution >= 4 is 12.0 Å². The number of nitrogens with one attached hydrogen (secondary N) is 2. The van der Waals surface area contributed by atoms with Crippen molar-refractivity contribution < 1.29 is 19.1 Å². The Morgan fingerprint density at radius 1 is 1.15 bits per heavy atom. The Labute approximate surface area is 160 Å². The van der Waals surface area contributed by atoms with Crippen molar-refractivity contribution in [3.63, 3.8) is 0 Å². The van der Waals surface area contributed by atoms with E-state index in [0.29, 0.717) is 11.4 Å². The highest BCUT2D eigenvalue weighted by Crippen LogP contribution is 2.33. The molecule has 6 heteroatoms. The lowest BCUT2D eigenvalue weighted by atomic mass is 9.88. The lowest BCUT2D eigenvalue weighted by molar-refractivity contribution is -0.155. The maximum Gasteiger partial charge on any atom is 0.319 e. The number of rotatable bonds is 4. The molecule has 0 radical (unpaired) electrons. The molecule has 1 aliphatic heterocycles. The lowest BCUT2D eigenvalue weighted by Crippen LogP contribution is -2.51. The topological polar surface area (TPSA) is 76.7 Å². The Hall–Kier alpha value is -2.50. The first-order valence-electron chi connectivity index (χ1n) is 9.69. The summed E-state index contributed by atoms with van der Waals surface area (Å²) in [7, 11) is 1.58. The van der Waals surface area contributed by atoms with Gasteiger partial charge in [-0.1, -0.05) is 38.0 Å². The van der Waals surface area contributed by atoms with Gasteiger partial charge in [-0.25, -0.2) is 4.79 Å². The highest BCUT2D eigenvalue weighted by Gasteiger charge is 2.39. The summed E-state index contributed by atoms with van der Waals surface area (Å²) < 4.78 is 11.1. The number of carbonyl (C=O) groups excluding carboxylic acids is 2. The van der Waals surface area contributed by atoms with Crippen LogP contribution in [0.2, 0.25) is 0 Å². The Morgan fingerprint density at radius 3 is 2.56 bits per heavy atom. The van der Waals surface area contributed by atoms with Gasteiger partial charge in [0.1, 0.15) is 17.8 Å². The van der Waals surface area contributed by atoms with Gasteiger partial charge in [0.25, 0.3) is 0 Å². The third kappa shape index (κ3) is 4.81. The molecule has 1 saturated carbocycles. The zero-order valence-electron chi connectivity index (χ0n) is 15.8. The molecule has 0 aromatic heterocycles. The van der Waals surface area contributed by atoms with Crippen molar-refractivity contribution in [2.45, 2.75) is 57.1 Å². The van der Waals surface area contributed by atoms with Crippen LogP contribution in [-0.4, -0.2) is 25.2 Å². The van der Waals surface area contributed by atoms with Crippen molar-refractivity contribution in [1.82, 2.24) is 10.6 Å². The fraction of sp³-hybridized carbons (Fsp3) is 0.524. The molecule has 146 valence electrons. The lowest BCUT2D eigenvalue weighted by Gasteiger charge is -2.34. The second kappa shape index (κ2) is 8.93. The minimum Gasteiger partial charge on any atom is -0.497 e. The molecule has 6 nitrogen and oxygen atoms in total. The average molecular weight is 372 g/mol. The minimum atomic E-state index is -0.680. The van der Waals surface area contributed by atoms with E-state index in [1.54, 1.807) is 7.11 Å². The van der Waals surface area contributed by atoms with Gasteiger partial charge in [-0.15, -0.1) is 0 Å². The number of urea groups is 1. The maximum atomic E-state index is 13.0. The van der Waals surface area contributed by atoms with Crippen molar-refractivity contribution in [2.75, 3.05) is 7.11 Å². The van der Waals surface area contributed by atoms with Crippen LogP contribution >= 0.6 is 0 Å². The van der Waals surface area contributed by atoms with Crippen molar-refractivity contribution in [2.24, 2.45) is 5.92 Å². The Morgan fingerprint density at radius 2 is 1.85 bits per heavy atom. The fourth-order valence-electron chi connectivity index (χ4n) is 3.85. The van der Waals surface area contributed by atoms with E-state index in [1.807, 2.05) is 24.3 Å². The van der Waals surface area contributed by atoms with Crippen LogP contribution in [0.15, 0.2) is 36.5 Å². The van der Waals surface area contributed by atoms with E-state index in [4.69, 9.17) is 9.47 Å². The predicted octanol–water partition coefficient (Wildman–Crippen LogP) is 3.84. The summed E-state index contributed by atoms with van der Waals surface area (Å²) in [6.45, 7) is 3.91. The van der Waals surface area contributed by atoms with E-state index in [0.717, 1.165) is 31.2 Å². The molecular formula is C21H28N2O4. The van der Waals surface area contributed by atoms with Crippen molar-refractivity contribution in [3.8, 4) is 5.75 Å². The van der Waals surface area contributed by atoms with E-state index in [1.165, 1.54) is 19.3 Å². The first-order chi connectivity index (χ1) is 13.1. The molecule has 1 saturated heterocycles. The van der Waals surface area contributed by atoms with Crippen LogP contribution in [-0.2, 0) is 9.53 Å². The molecule has 1 aromatic rings. The number of hydrogen-bond acceptors (Lipinski definition) is 4. The fourth-order valence-corrected chi connectivity index (χ4v) is 3.85. The molecule has 2 amide bonds. The van der Waals surface area contributed by atoms with Crippen LogP contribution in [0.5, 0.6) is 5.75 Å². The number of methoxy groups -OCH3 is 1. The summed E-state index contributed by atoms with van der Waals surface area (Å²) >= 11 is 0. The minimum absolute atomic E-state index is 0.0609. The van der Waals surface area contributed by atoms with Crippen LogP contribution < -0.4 is 15.4 Å². The van der Waals surface area contributed by atoms with E-state index in [9.17, 15) is 9.59 Å². The first-order valence-corrected chi connectivity index (χ1v) is 9.69. The highest BCUT2D eigenvalue weighted by molar-refractivity contribution is 5.85. The molecule has 1 heterocycles. The van der Waals surface area contributed by atoms with Gasteiger partial charge in [-0.3, -0.25) is 4.79 Å². The van der Waals surface area contributed by atoms with Gasteiger partial charge < -0.3 is 20.1 Å². The smallest absolute Gasteiger partial charge is 0.319 e. The summed E-state index contributed by atoms with van der Waals surface area (Å²) in [5, 5.41) is 5.46.